The summed E-state index contributed by atoms with van der Waals surface area (Å²) in [6.45, 7) is 0. The Labute approximate surface area is 89.7 Å². The highest BCUT2D eigenvalue weighted by molar-refractivity contribution is 6.30. The van der Waals surface area contributed by atoms with E-state index in [9.17, 15) is 5.11 Å². The highest BCUT2D eigenvalue weighted by Crippen LogP contribution is 2.13. The second kappa shape index (κ2) is 5.70. The predicted octanol–water partition coefficient (Wildman–Crippen LogP) is 2.66. The average molecular weight is 209 g/mol. The van der Waals surface area contributed by atoms with Crippen molar-refractivity contribution in [2.24, 2.45) is 0 Å². The molecule has 0 radical (unpaired) electrons. The Balaban J connectivity index is 2.48. The molecule has 1 atom stereocenters. The average Bonchev–Trinajstić information content (AvgIpc) is 2.15. The SMILES string of the molecule is C#CCCC(O)Cc1cccc(Cl)c1. The summed E-state index contributed by atoms with van der Waals surface area (Å²) in [5.74, 6) is 2.51. The lowest BCUT2D eigenvalue weighted by atomic mass is 10.0. The molecule has 1 aromatic carbocycles. The van der Waals surface area contributed by atoms with Crippen molar-refractivity contribution in [1.82, 2.24) is 0 Å². The van der Waals surface area contributed by atoms with E-state index < -0.39 is 0 Å². The van der Waals surface area contributed by atoms with Crippen LogP contribution in [0.5, 0.6) is 0 Å². The summed E-state index contributed by atoms with van der Waals surface area (Å²) < 4.78 is 0. The predicted molar refractivity (Wildman–Crippen MR) is 59.2 cm³/mol. The molecular formula is C12H13ClO. The van der Waals surface area contributed by atoms with Crippen LogP contribution >= 0.6 is 11.6 Å². The van der Waals surface area contributed by atoms with E-state index in [-0.39, 0.29) is 6.10 Å². The molecule has 1 aromatic rings. The Morgan fingerprint density at radius 2 is 2.29 bits per heavy atom. The molecule has 0 aromatic heterocycles. The highest BCUT2D eigenvalue weighted by atomic mass is 35.5. The van der Waals surface area contributed by atoms with Gasteiger partial charge in [-0.25, -0.2) is 0 Å². The van der Waals surface area contributed by atoms with Crippen molar-refractivity contribution in [2.75, 3.05) is 0 Å². The van der Waals surface area contributed by atoms with Crippen molar-refractivity contribution in [2.45, 2.75) is 25.4 Å². The van der Waals surface area contributed by atoms with E-state index in [4.69, 9.17) is 18.0 Å². The topological polar surface area (TPSA) is 20.2 Å². The molecule has 0 bridgehead atoms. The van der Waals surface area contributed by atoms with Gasteiger partial charge in [-0.1, -0.05) is 23.7 Å². The number of aliphatic hydroxyl groups is 1. The van der Waals surface area contributed by atoms with Gasteiger partial charge in [0.2, 0.25) is 0 Å². The maximum Gasteiger partial charge on any atom is 0.0589 e. The fourth-order valence-electron chi connectivity index (χ4n) is 1.29. The molecule has 0 aliphatic rings. The Hall–Kier alpha value is -0.970. The lowest BCUT2D eigenvalue weighted by molar-refractivity contribution is 0.167. The van der Waals surface area contributed by atoms with Gasteiger partial charge in [-0.3, -0.25) is 0 Å². The molecule has 2 heteroatoms. The zero-order chi connectivity index (χ0) is 10.4. The Kier molecular flexibility index (Phi) is 4.52. The summed E-state index contributed by atoms with van der Waals surface area (Å²) in [6, 6.07) is 7.51. The van der Waals surface area contributed by atoms with Crippen LogP contribution in [0.15, 0.2) is 24.3 Å². The summed E-state index contributed by atoms with van der Waals surface area (Å²) in [6.07, 6.45) is 6.61. The van der Waals surface area contributed by atoms with E-state index in [2.05, 4.69) is 5.92 Å². The summed E-state index contributed by atoms with van der Waals surface area (Å²) in [7, 11) is 0. The van der Waals surface area contributed by atoms with Crippen LogP contribution in [0.1, 0.15) is 18.4 Å². The zero-order valence-electron chi connectivity index (χ0n) is 7.91. The van der Waals surface area contributed by atoms with Gasteiger partial charge in [-0.05, 0) is 30.5 Å². The summed E-state index contributed by atoms with van der Waals surface area (Å²) in [5, 5.41) is 10.3. The number of hydrogen-bond acceptors (Lipinski definition) is 1. The van der Waals surface area contributed by atoms with Gasteiger partial charge in [0.1, 0.15) is 0 Å². The number of rotatable bonds is 4. The first kappa shape index (κ1) is 11.1. The maximum atomic E-state index is 9.59. The van der Waals surface area contributed by atoms with Crippen LogP contribution in [0, 0.1) is 12.3 Å². The lowest BCUT2D eigenvalue weighted by Crippen LogP contribution is -2.09. The van der Waals surface area contributed by atoms with Crippen LogP contribution in [0.25, 0.3) is 0 Å². The van der Waals surface area contributed by atoms with E-state index in [0.717, 1.165) is 5.56 Å². The maximum absolute atomic E-state index is 9.59. The molecule has 1 nitrogen and oxygen atoms in total. The number of aliphatic hydroxyl groups excluding tert-OH is 1. The van der Waals surface area contributed by atoms with Crippen molar-refractivity contribution in [3.8, 4) is 12.3 Å². The van der Waals surface area contributed by atoms with Crippen LogP contribution in [0.4, 0.5) is 0 Å². The molecule has 1 unspecified atom stereocenters. The molecule has 0 saturated heterocycles. The number of halogens is 1. The van der Waals surface area contributed by atoms with E-state index in [1.807, 2.05) is 24.3 Å². The van der Waals surface area contributed by atoms with Gasteiger partial charge in [0.15, 0.2) is 0 Å². The third-order valence-electron chi connectivity index (χ3n) is 1.98. The molecule has 0 saturated carbocycles. The second-order valence-corrected chi connectivity index (χ2v) is 3.67. The third kappa shape index (κ3) is 3.83. The molecule has 1 rings (SSSR count). The number of terminal acetylenes is 1. The first-order valence-electron chi connectivity index (χ1n) is 4.58. The van der Waals surface area contributed by atoms with Gasteiger partial charge in [0.25, 0.3) is 0 Å². The normalized spacial score (nSPS) is 12.1. The zero-order valence-corrected chi connectivity index (χ0v) is 8.67. The van der Waals surface area contributed by atoms with Gasteiger partial charge in [-0.2, -0.15) is 0 Å². The van der Waals surface area contributed by atoms with Crippen LogP contribution in [0.2, 0.25) is 5.02 Å². The standard InChI is InChI=1S/C12H13ClO/c1-2-3-7-12(14)9-10-5-4-6-11(13)8-10/h1,4-6,8,12,14H,3,7,9H2. The van der Waals surface area contributed by atoms with Crippen molar-refractivity contribution in [1.29, 1.82) is 0 Å². The molecule has 14 heavy (non-hydrogen) atoms. The summed E-state index contributed by atoms with van der Waals surface area (Å²) >= 11 is 5.82. The largest absolute Gasteiger partial charge is 0.393 e. The molecule has 1 N–H and O–H groups in total. The van der Waals surface area contributed by atoms with Crippen LogP contribution in [-0.4, -0.2) is 11.2 Å². The summed E-state index contributed by atoms with van der Waals surface area (Å²) in [5.41, 5.74) is 1.04. The molecule has 0 aliphatic carbocycles. The minimum Gasteiger partial charge on any atom is -0.393 e. The van der Waals surface area contributed by atoms with Crippen molar-refractivity contribution < 1.29 is 5.11 Å². The number of hydrogen-bond donors (Lipinski definition) is 1. The highest BCUT2D eigenvalue weighted by Gasteiger charge is 2.04. The first-order valence-corrected chi connectivity index (χ1v) is 4.96. The fourth-order valence-corrected chi connectivity index (χ4v) is 1.50. The van der Waals surface area contributed by atoms with Gasteiger partial charge in [0.05, 0.1) is 6.10 Å². The molecule has 0 heterocycles. The van der Waals surface area contributed by atoms with E-state index in [1.54, 1.807) is 0 Å². The van der Waals surface area contributed by atoms with Crippen LogP contribution in [-0.2, 0) is 6.42 Å². The Morgan fingerprint density at radius 1 is 1.50 bits per heavy atom. The van der Waals surface area contributed by atoms with E-state index in [0.29, 0.717) is 24.3 Å². The smallest absolute Gasteiger partial charge is 0.0589 e. The second-order valence-electron chi connectivity index (χ2n) is 3.23. The minimum atomic E-state index is -0.371. The quantitative estimate of drug-likeness (QED) is 0.755. The van der Waals surface area contributed by atoms with Gasteiger partial charge in [0, 0.05) is 11.4 Å². The monoisotopic (exact) mass is 208 g/mol. The lowest BCUT2D eigenvalue weighted by Gasteiger charge is -2.08. The van der Waals surface area contributed by atoms with Crippen LogP contribution in [0.3, 0.4) is 0 Å². The van der Waals surface area contributed by atoms with E-state index >= 15 is 0 Å². The molecule has 0 aliphatic heterocycles. The van der Waals surface area contributed by atoms with Gasteiger partial charge < -0.3 is 5.11 Å². The molecule has 0 spiro atoms. The minimum absolute atomic E-state index is 0.371. The molecule has 74 valence electrons. The summed E-state index contributed by atoms with van der Waals surface area (Å²) in [4.78, 5) is 0. The number of benzene rings is 1. The van der Waals surface area contributed by atoms with Crippen LogP contribution < -0.4 is 0 Å². The third-order valence-corrected chi connectivity index (χ3v) is 2.22. The van der Waals surface area contributed by atoms with Crippen molar-refractivity contribution >= 4 is 11.6 Å². The molecular weight excluding hydrogens is 196 g/mol. The Morgan fingerprint density at radius 3 is 2.93 bits per heavy atom. The van der Waals surface area contributed by atoms with Crippen molar-refractivity contribution in [3.05, 3.63) is 34.9 Å². The van der Waals surface area contributed by atoms with Gasteiger partial charge in [-0.15, -0.1) is 12.3 Å². The first-order chi connectivity index (χ1) is 6.72. The Bertz CT molecular complexity index is 327. The van der Waals surface area contributed by atoms with E-state index in [1.165, 1.54) is 0 Å². The molecule has 0 fully saturated rings. The molecule has 0 amide bonds. The van der Waals surface area contributed by atoms with Crippen molar-refractivity contribution in [3.63, 3.8) is 0 Å². The van der Waals surface area contributed by atoms with Gasteiger partial charge >= 0.3 is 0 Å². The fraction of sp³-hybridized carbons (Fsp3) is 0.333.